The standard InChI is InChI=1S/C27H24ClN3O3/c1-33-25-14-13-21(17-24(25)28)31-27(32)26(19-8-3-2-4-9-19)30-20-11-7-12-23(16-20)34-18-22-10-5-6-15-29-22/h2-17,26,30H,18H2,1H3,(H,31,32). The molecule has 7 heteroatoms. The van der Waals surface area contributed by atoms with Crippen LogP contribution in [-0.2, 0) is 11.4 Å². The molecule has 1 heterocycles. The zero-order chi connectivity index (χ0) is 23.8. The van der Waals surface area contributed by atoms with E-state index < -0.39 is 6.04 Å². The predicted molar refractivity (Wildman–Crippen MR) is 134 cm³/mol. The fraction of sp³-hybridized carbons (Fsp3) is 0.111. The van der Waals surface area contributed by atoms with Gasteiger partial charge >= 0.3 is 0 Å². The second-order valence-corrected chi connectivity index (χ2v) is 7.87. The molecule has 1 amide bonds. The third-order valence-corrected chi connectivity index (χ3v) is 5.37. The summed E-state index contributed by atoms with van der Waals surface area (Å²) in [5.74, 6) is 0.983. The molecule has 0 radical (unpaired) electrons. The summed E-state index contributed by atoms with van der Waals surface area (Å²) in [5.41, 5.74) is 2.97. The van der Waals surface area contributed by atoms with Crippen molar-refractivity contribution in [1.29, 1.82) is 0 Å². The topological polar surface area (TPSA) is 72.5 Å². The number of halogens is 1. The lowest BCUT2D eigenvalue weighted by Gasteiger charge is -2.21. The molecule has 2 N–H and O–H groups in total. The highest BCUT2D eigenvalue weighted by atomic mass is 35.5. The molecule has 0 spiro atoms. The van der Waals surface area contributed by atoms with E-state index in [0.717, 1.165) is 16.9 Å². The van der Waals surface area contributed by atoms with E-state index in [0.29, 0.717) is 28.8 Å². The number of carbonyl (C=O) groups excluding carboxylic acids is 1. The number of hydrogen-bond donors (Lipinski definition) is 2. The first-order valence-corrected chi connectivity index (χ1v) is 11.1. The number of benzene rings is 3. The van der Waals surface area contributed by atoms with Gasteiger partial charge in [-0.15, -0.1) is 0 Å². The smallest absolute Gasteiger partial charge is 0.251 e. The number of pyridine rings is 1. The predicted octanol–water partition coefficient (Wildman–Crippen LogP) is 6.11. The summed E-state index contributed by atoms with van der Waals surface area (Å²) in [6, 6.07) is 27.2. The summed E-state index contributed by atoms with van der Waals surface area (Å²) in [5, 5.41) is 6.68. The van der Waals surface area contributed by atoms with E-state index in [2.05, 4.69) is 15.6 Å². The number of amides is 1. The monoisotopic (exact) mass is 473 g/mol. The Morgan fingerprint density at radius 3 is 2.50 bits per heavy atom. The van der Waals surface area contributed by atoms with Crippen LogP contribution >= 0.6 is 11.6 Å². The molecule has 0 saturated heterocycles. The maximum Gasteiger partial charge on any atom is 0.251 e. The molecule has 0 aliphatic carbocycles. The van der Waals surface area contributed by atoms with Gasteiger partial charge in [0.05, 0.1) is 17.8 Å². The maximum atomic E-state index is 13.3. The summed E-state index contributed by atoms with van der Waals surface area (Å²) in [6.07, 6.45) is 1.73. The van der Waals surface area contributed by atoms with Gasteiger partial charge in [0.2, 0.25) is 0 Å². The fourth-order valence-corrected chi connectivity index (χ4v) is 3.65. The van der Waals surface area contributed by atoms with Crippen LogP contribution in [-0.4, -0.2) is 18.0 Å². The van der Waals surface area contributed by atoms with Gasteiger partial charge in [0.15, 0.2) is 0 Å². The minimum absolute atomic E-state index is 0.229. The van der Waals surface area contributed by atoms with Crippen LogP contribution in [0.3, 0.4) is 0 Å². The molecule has 4 rings (SSSR count). The summed E-state index contributed by atoms with van der Waals surface area (Å²) in [6.45, 7) is 0.352. The molecular weight excluding hydrogens is 450 g/mol. The molecule has 0 fully saturated rings. The zero-order valence-electron chi connectivity index (χ0n) is 18.6. The molecule has 0 saturated carbocycles. The van der Waals surface area contributed by atoms with E-state index >= 15 is 0 Å². The highest BCUT2D eigenvalue weighted by molar-refractivity contribution is 6.32. The maximum absolute atomic E-state index is 13.3. The second kappa shape index (κ2) is 11.2. The van der Waals surface area contributed by atoms with Crippen molar-refractivity contribution in [2.24, 2.45) is 0 Å². The fourth-order valence-electron chi connectivity index (χ4n) is 3.39. The normalized spacial score (nSPS) is 11.4. The van der Waals surface area contributed by atoms with E-state index in [1.807, 2.05) is 72.8 Å². The van der Waals surface area contributed by atoms with Gasteiger partial charge in [-0.2, -0.15) is 0 Å². The van der Waals surface area contributed by atoms with E-state index in [1.165, 1.54) is 0 Å². The van der Waals surface area contributed by atoms with Crippen LogP contribution in [0, 0.1) is 0 Å². The Morgan fingerprint density at radius 2 is 1.76 bits per heavy atom. The number of methoxy groups -OCH3 is 1. The highest BCUT2D eigenvalue weighted by Gasteiger charge is 2.21. The number of aromatic nitrogens is 1. The molecule has 0 aliphatic rings. The molecule has 1 atom stereocenters. The molecule has 172 valence electrons. The number of nitrogens with one attached hydrogen (secondary N) is 2. The quantitative estimate of drug-likeness (QED) is 0.306. The summed E-state index contributed by atoms with van der Waals surface area (Å²) < 4.78 is 11.1. The summed E-state index contributed by atoms with van der Waals surface area (Å²) in [7, 11) is 1.54. The van der Waals surface area contributed by atoms with Gasteiger partial charge in [0.25, 0.3) is 5.91 Å². The Balaban J connectivity index is 1.51. The number of nitrogens with zero attached hydrogens (tertiary/aromatic N) is 1. The molecule has 1 unspecified atom stereocenters. The summed E-state index contributed by atoms with van der Waals surface area (Å²) in [4.78, 5) is 17.6. The van der Waals surface area contributed by atoms with Crippen LogP contribution in [0.1, 0.15) is 17.3 Å². The largest absolute Gasteiger partial charge is 0.495 e. The minimum atomic E-state index is -0.645. The van der Waals surface area contributed by atoms with Crippen molar-refractivity contribution in [3.8, 4) is 11.5 Å². The van der Waals surface area contributed by atoms with Gasteiger partial charge < -0.3 is 20.1 Å². The lowest BCUT2D eigenvalue weighted by molar-refractivity contribution is -0.117. The molecule has 6 nitrogen and oxygen atoms in total. The molecule has 1 aromatic heterocycles. The molecule has 0 aliphatic heterocycles. The zero-order valence-corrected chi connectivity index (χ0v) is 19.3. The Morgan fingerprint density at radius 1 is 0.941 bits per heavy atom. The average Bonchev–Trinajstić information content (AvgIpc) is 2.87. The Bertz CT molecular complexity index is 1240. The van der Waals surface area contributed by atoms with Crippen LogP contribution in [0.15, 0.2) is 97.2 Å². The van der Waals surface area contributed by atoms with E-state index in [-0.39, 0.29) is 5.91 Å². The SMILES string of the molecule is COc1ccc(NC(=O)C(Nc2cccc(OCc3ccccn3)c2)c2ccccc2)cc1Cl. The van der Waals surface area contributed by atoms with Crippen molar-refractivity contribution in [2.45, 2.75) is 12.6 Å². The number of hydrogen-bond acceptors (Lipinski definition) is 5. The van der Waals surface area contributed by atoms with Crippen molar-refractivity contribution in [1.82, 2.24) is 4.98 Å². The van der Waals surface area contributed by atoms with E-state index in [4.69, 9.17) is 21.1 Å². The Labute approximate surface area is 203 Å². The van der Waals surface area contributed by atoms with Gasteiger partial charge in [-0.1, -0.05) is 54.1 Å². The number of anilines is 2. The molecule has 34 heavy (non-hydrogen) atoms. The van der Waals surface area contributed by atoms with Gasteiger partial charge in [0, 0.05) is 23.6 Å². The van der Waals surface area contributed by atoms with E-state index in [9.17, 15) is 4.79 Å². The van der Waals surface area contributed by atoms with Crippen LogP contribution in [0.25, 0.3) is 0 Å². The summed E-state index contributed by atoms with van der Waals surface area (Å²) >= 11 is 6.22. The first-order valence-electron chi connectivity index (χ1n) is 10.7. The number of carbonyl (C=O) groups is 1. The first-order chi connectivity index (χ1) is 16.6. The van der Waals surface area contributed by atoms with Gasteiger partial charge in [-0.25, -0.2) is 0 Å². The van der Waals surface area contributed by atoms with Crippen LogP contribution in [0.5, 0.6) is 11.5 Å². The highest BCUT2D eigenvalue weighted by Crippen LogP contribution is 2.29. The van der Waals surface area contributed by atoms with Crippen molar-refractivity contribution < 1.29 is 14.3 Å². The van der Waals surface area contributed by atoms with Crippen molar-refractivity contribution >= 4 is 28.9 Å². The Kier molecular flexibility index (Phi) is 7.63. The average molecular weight is 474 g/mol. The van der Waals surface area contributed by atoms with Crippen LogP contribution < -0.4 is 20.1 Å². The van der Waals surface area contributed by atoms with Crippen molar-refractivity contribution in [2.75, 3.05) is 17.7 Å². The lowest BCUT2D eigenvalue weighted by Crippen LogP contribution is -2.27. The molecule has 4 aromatic rings. The van der Waals surface area contributed by atoms with Gasteiger partial charge in [0.1, 0.15) is 24.1 Å². The number of rotatable bonds is 9. The van der Waals surface area contributed by atoms with Crippen LogP contribution in [0.4, 0.5) is 11.4 Å². The van der Waals surface area contributed by atoms with Crippen molar-refractivity contribution in [3.05, 3.63) is 113 Å². The minimum Gasteiger partial charge on any atom is -0.495 e. The third kappa shape index (κ3) is 6.05. The van der Waals surface area contributed by atoms with Gasteiger partial charge in [-0.05, 0) is 48.0 Å². The molecular formula is C27H24ClN3O3. The molecule has 3 aromatic carbocycles. The van der Waals surface area contributed by atoms with Gasteiger partial charge in [-0.3, -0.25) is 9.78 Å². The van der Waals surface area contributed by atoms with E-state index in [1.54, 1.807) is 31.5 Å². The Hall–Kier alpha value is -4.03. The molecule has 0 bridgehead atoms. The third-order valence-electron chi connectivity index (χ3n) is 5.07. The first kappa shape index (κ1) is 23.1. The number of ether oxygens (including phenoxy) is 2. The van der Waals surface area contributed by atoms with Crippen LogP contribution in [0.2, 0.25) is 5.02 Å². The lowest BCUT2D eigenvalue weighted by atomic mass is 10.1. The second-order valence-electron chi connectivity index (χ2n) is 7.46. The van der Waals surface area contributed by atoms with Crippen molar-refractivity contribution in [3.63, 3.8) is 0 Å².